The van der Waals surface area contributed by atoms with Crippen LogP contribution in [0.1, 0.15) is 11.1 Å². The Bertz CT molecular complexity index is 974. The van der Waals surface area contributed by atoms with Crippen LogP contribution >= 0.6 is 0 Å². The molecule has 0 heterocycles. The van der Waals surface area contributed by atoms with E-state index in [9.17, 15) is 26.4 Å². The molecule has 0 saturated carbocycles. The van der Waals surface area contributed by atoms with Crippen LogP contribution in [0.15, 0.2) is 47.4 Å². The van der Waals surface area contributed by atoms with E-state index in [1.54, 1.807) is 19.1 Å². The van der Waals surface area contributed by atoms with E-state index in [0.717, 1.165) is 16.4 Å². The van der Waals surface area contributed by atoms with Gasteiger partial charge in [-0.25, -0.2) is 12.7 Å². The lowest BCUT2D eigenvalue weighted by atomic mass is 10.2. The van der Waals surface area contributed by atoms with Crippen molar-refractivity contribution in [1.82, 2.24) is 4.31 Å². The van der Waals surface area contributed by atoms with Crippen LogP contribution in [0.5, 0.6) is 0 Å². The van der Waals surface area contributed by atoms with Crippen LogP contribution in [-0.4, -0.2) is 39.3 Å². The molecule has 0 aliphatic rings. The maximum absolute atomic E-state index is 12.7. The first-order valence-electron chi connectivity index (χ1n) is 8.15. The van der Waals surface area contributed by atoms with E-state index in [4.69, 9.17) is 0 Å². The number of benzene rings is 2. The Balaban J connectivity index is 2.08. The summed E-state index contributed by atoms with van der Waals surface area (Å²) in [7, 11) is -0.876. The van der Waals surface area contributed by atoms with E-state index < -0.39 is 27.7 Å². The fourth-order valence-electron chi connectivity index (χ4n) is 2.35. The number of aryl methyl sites for hydroxylation is 1. The molecular weight excluding hydrogens is 395 g/mol. The quantitative estimate of drug-likeness (QED) is 0.759. The monoisotopic (exact) mass is 415 g/mol. The summed E-state index contributed by atoms with van der Waals surface area (Å²) in [6.07, 6.45) is -4.48. The lowest BCUT2D eigenvalue weighted by molar-refractivity contribution is -0.137. The molecule has 2 aromatic rings. The molecular formula is C18H20F3N3O3S. The van der Waals surface area contributed by atoms with Gasteiger partial charge in [0.05, 0.1) is 17.0 Å². The molecule has 10 heteroatoms. The second-order valence-corrected chi connectivity index (χ2v) is 8.37. The fraction of sp³-hybridized carbons (Fsp3) is 0.278. The van der Waals surface area contributed by atoms with Gasteiger partial charge < -0.3 is 10.6 Å². The molecule has 152 valence electrons. The summed E-state index contributed by atoms with van der Waals surface area (Å²) >= 11 is 0. The van der Waals surface area contributed by atoms with Gasteiger partial charge in [0.1, 0.15) is 0 Å². The molecule has 0 aliphatic heterocycles. The third-order valence-corrected chi connectivity index (χ3v) is 5.83. The maximum atomic E-state index is 12.7. The molecule has 0 radical (unpaired) electrons. The SMILES string of the molecule is Cc1ccc(NC(=O)CNc2cccc(C(F)(F)F)c2)cc1S(=O)(=O)N(C)C. The highest BCUT2D eigenvalue weighted by molar-refractivity contribution is 7.89. The first kappa shape index (κ1) is 21.7. The van der Waals surface area contributed by atoms with Crippen molar-refractivity contribution in [1.29, 1.82) is 0 Å². The highest BCUT2D eigenvalue weighted by Gasteiger charge is 2.30. The van der Waals surface area contributed by atoms with Gasteiger partial charge in [0, 0.05) is 25.5 Å². The number of alkyl halides is 3. The smallest absolute Gasteiger partial charge is 0.376 e. The van der Waals surface area contributed by atoms with Crippen LogP contribution in [0.25, 0.3) is 0 Å². The number of amides is 1. The molecule has 0 spiro atoms. The normalized spacial score (nSPS) is 12.1. The van der Waals surface area contributed by atoms with Gasteiger partial charge in [-0.3, -0.25) is 4.79 Å². The summed E-state index contributed by atoms with van der Waals surface area (Å²) in [5.74, 6) is -0.533. The minimum Gasteiger partial charge on any atom is -0.376 e. The molecule has 0 saturated heterocycles. The molecule has 0 unspecified atom stereocenters. The Kier molecular flexibility index (Phi) is 6.35. The van der Waals surface area contributed by atoms with E-state index in [1.165, 1.54) is 32.3 Å². The van der Waals surface area contributed by atoms with Crippen molar-refractivity contribution in [2.75, 3.05) is 31.3 Å². The molecule has 2 rings (SSSR count). The molecule has 0 bridgehead atoms. The molecule has 0 aromatic heterocycles. The predicted molar refractivity (Wildman–Crippen MR) is 101 cm³/mol. The lowest BCUT2D eigenvalue weighted by Gasteiger charge is -2.15. The summed E-state index contributed by atoms with van der Waals surface area (Å²) < 4.78 is 63.9. The number of nitrogens with zero attached hydrogens (tertiary/aromatic N) is 1. The standard InChI is InChI=1S/C18H20F3N3O3S/c1-12-7-8-15(10-16(12)28(26,27)24(2)3)23-17(25)11-22-14-6-4-5-13(9-14)18(19,20)21/h4-10,22H,11H2,1-3H3,(H,23,25). The van der Waals surface area contributed by atoms with E-state index >= 15 is 0 Å². The summed E-state index contributed by atoms with van der Waals surface area (Å²) in [5, 5.41) is 5.14. The molecule has 1 amide bonds. The van der Waals surface area contributed by atoms with E-state index in [2.05, 4.69) is 10.6 Å². The van der Waals surface area contributed by atoms with E-state index in [1.807, 2.05) is 0 Å². The van der Waals surface area contributed by atoms with Gasteiger partial charge in [0.15, 0.2) is 0 Å². The molecule has 2 aromatic carbocycles. The number of hydrogen-bond acceptors (Lipinski definition) is 4. The van der Waals surface area contributed by atoms with Crippen molar-refractivity contribution in [3.63, 3.8) is 0 Å². The topological polar surface area (TPSA) is 78.5 Å². The Morgan fingerprint density at radius 3 is 2.36 bits per heavy atom. The minimum atomic E-state index is -4.48. The van der Waals surface area contributed by atoms with Crippen molar-refractivity contribution in [2.24, 2.45) is 0 Å². The Labute approximate surface area is 161 Å². The average Bonchev–Trinajstić information content (AvgIpc) is 2.61. The highest BCUT2D eigenvalue weighted by Crippen LogP contribution is 2.30. The Morgan fingerprint density at radius 1 is 1.07 bits per heavy atom. The Hall–Kier alpha value is -2.59. The van der Waals surface area contributed by atoms with Gasteiger partial charge in [-0.15, -0.1) is 0 Å². The summed E-state index contributed by atoms with van der Waals surface area (Å²) in [4.78, 5) is 12.1. The summed E-state index contributed by atoms with van der Waals surface area (Å²) in [5.41, 5.74) is 0.107. The lowest BCUT2D eigenvalue weighted by Crippen LogP contribution is -2.24. The van der Waals surface area contributed by atoms with Crippen molar-refractivity contribution < 1.29 is 26.4 Å². The molecule has 2 N–H and O–H groups in total. The van der Waals surface area contributed by atoms with Crippen LogP contribution in [0, 0.1) is 6.92 Å². The fourth-order valence-corrected chi connectivity index (χ4v) is 3.49. The highest BCUT2D eigenvalue weighted by atomic mass is 32.2. The van der Waals surface area contributed by atoms with Crippen LogP contribution in [-0.2, 0) is 21.0 Å². The van der Waals surface area contributed by atoms with E-state index in [0.29, 0.717) is 5.56 Å². The first-order valence-corrected chi connectivity index (χ1v) is 9.59. The van der Waals surface area contributed by atoms with Gasteiger partial charge in [-0.2, -0.15) is 13.2 Å². The van der Waals surface area contributed by atoms with Gasteiger partial charge in [-0.1, -0.05) is 12.1 Å². The van der Waals surface area contributed by atoms with Gasteiger partial charge in [-0.05, 0) is 42.8 Å². The number of sulfonamides is 1. The number of carbonyl (C=O) groups is 1. The van der Waals surface area contributed by atoms with Crippen molar-refractivity contribution >= 4 is 27.3 Å². The number of anilines is 2. The van der Waals surface area contributed by atoms with Gasteiger partial charge in [0.25, 0.3) is 0 Å². The predicted octanol–water partition coefficient (Wildman–Crippen LogP) is 3.31. The minimum absolute atomic E-state index is 0.0566. The number of nitrogens with one attached hydrogen (secondary N) is 2. The number of carbonyl (C=O) groups excluding carboxylic acids is 1. The third-order valence-electron chi connectivity index (χ3n) is 3.87. The van der Waals surface area contributed by atoms with E-state index in [-0.39, 0.29) is 22.8 Å². The van der Waals surface area contributed by atoms with Crippen molar-refractivity contribution in [3.8, 4) is 0 Å². The second kappa shape index (κ2) is 8.19. The maximum Gasteiger partial charge on any atom is 0.416 e. The number of hydrogen-bond donors (Lipinski definition) is 2. The summed E-state index contributed by atoms with van der Waals surface area (Å²) in [6.45, 7) is 1.35. The first-order chi connectivity index (χ1) is 12.9. The van der Waals surface area contributed by atoms with Gasteiger partial charge in [0.2, 0.25) is 15.9 Å². The average molecular weight is 415 g/mol. The van der Waals surface area contributed by atoms with Gasteiger partial charge >= 0.3 is 6.18 Å². The van der Waals surface area contributed by atoms with Crippen LogP contribution < -0.4 is 10.6 Å². The molecule has 0 aliphatic carbocycles. The molecule has 28 heavy (non-hydrogen) atoms. The van der Waals surface area contributed by atoms with Crippen LogP contribution in [0.4, 0.5) is 24.5 Å². The second-order valence-electron chi connectivity index (χ2n) is 6.25. The van der Waals surface area contributed by atoms with Crippen molar-refractivity contribution in [2.45, 2.75) is 18.0 Å². The van der Waals surface area contributed by atoms with Crippen LogP contribution in [0.2, 0.25) is 0 Å². The van der Waals surface area contributed by atoms with Crippen molar-refractivity contribution in [3.05, 3.63) is 53.6 Å². The zero-order chi connectivity index (χ0) is 21.1. The molecule has 0 fully saturated rings. The summed E-state index contributed by atoms with van der Waals surface area (Å²) in [6, 6.07) is 8.94. The number of halogens is 3. The largest absolute Gasteiger partial charge is 0.416 e. The Morgan fingerprint density at radius 2 is 1.75 bits per heavy atom. The molecule has 6 nitrogen and oxygen atoms in total. The third kappa shape index (κ3) is 5.23. The zero-order valence-electron chi connectivity index (χ0n) is 15.5. The molecule has 0 atom stereocenters. The number of rotatable bonds is 6. The zero-order valence-corrected chi connectivity index (χ0v) is 16.3. The van der Waals surface area contributed by atoms with Crippen LogP contribution in [0.3, 0.4) is 0 Å².